The molecule has 2 amide bonds. The number of para-hydroxylation sites is 2. The third-order valence-corrected chi connectivity index (χ3v) is 7.32. The average molecular weight is 467 g/mol. The van der Waals surface area contributed by atoms with Crippen molar-refractivity contribution in [3.63, 3.8) is 0 Å². The van der Waals surface area contributed by atoms with E-state index in [1.807, 2.05) is 6.07 Å². The van der Waals surface area contributed by atoms with Gasteiger partial charge < -0.3 is 9.47 Å². The van der Waals surface area contributed by atoms with E-state index in [1.54, 1.807) is 73.7 Å². The number of ketones is 2. The number of hydrogen-bond donors (Lipinski definition) is 0. The lowest BCUT2D eigenvalue weighted by molar-refractivity contribution is -0.127. The molecule has 35 heavy (non-hydrogen) atoms. The van der Waals surface area contributed by atoms with Crippen molar-refractivity contribution < 1.29 is 28.7 Å². The first-order chi connectivity index (χ1) is 16.9. The van der Waals surface area contributed by atoms with E-state index in [1.165, 1.54) is 7.11 Å². The maximum absolute atomic E-state index is 14.0. The molecule has 3 aliphatic rings. The molecule has 3 atom stereocenters. The van der Waals surface area contributed by atoms with Gasteiger partial charge in [-0.1, -0.05) is 60.7 Å². The van der Waals surface area contributed by atoms with Crippen molar-refractivity contribution in [2.75, 3.05) is 12.0 Å². The van der Waals surface area contributed by atoms with Crippen LogP contribution in [0.4, 0.5) is 5.69 Å². The van der Waals surface area contributed by atoms with E-state index in [4.69, 9.17) is 9.47 Å². The molecule has 2 aliphatic heterocycles. The summed E-state index contributed by atoms with van der Waals surface area (Å²) in [5, 5.41) is 0. The Morgan fingerprint density at radius 2 is 1.40 bits per heavy atom. The van der Waals surface area contributed by atoms with Gasteiger partial charge in [0.2, 0.25) is 29.0 Å². The standard InChI is InChI=1S/C28H21NO6/c1-15-9-3-7-13-19(15)29-26(32)21-22(27(29)33)28(24(30)16-10-4-5-11-17(16)25(28)31)35-23(21)18-12-6-8-14-20(18)34-2/h3-14,21-23H,1-2H3/t21-,22-,23+/m0/s1. The number of fused-ring (bicyclic) bond motifs is 3. The smallest absolute Gasteiger partial charge is 0.241 e. The lowest BCUT2D eigenvalue weighted by Crippen LogP contribution is -2.51. The molecule has 3 aromatic rings. The van der Waals surface area contributed by atoms with Crippen LogP contribution in [0.5, 0.6) is 5.75 Å². The predicted octanol–water partition coefficient (Wildman–Crippen LogP) is 3.70. The summed E-state index contributed by atoms with van der Waals surface area (Å²) >= 11 is 0. The molecule has 0 N–H and O–H groups in total. The summed E-state index contributed by atoms with van der Waals surface area (Å²) in [6.07, 6.45) is -1.02. The van der Waals surface area contributed by atoms with Gasteiger partial charge in [0.1, 0.15) is 11.9 Å². The molecule has 7 nitrogen and oxygen atoms in total. The molecule has 0 saturated carbocycles. The zero-order valence-electron chi connectivity index (χ0n) is 19.1. The molecule has 0 aromatic heterocycles. The van der Waals surface area contributed by atoms with Crippen molar-refractivity contribution in [1.82, 2.24) is 0 Å². The highest BCUT2D eigenvalue weighted by Crippen LogP contribution is 2.58. The van der Waals surface area contributed by atoms with Gasteiger partial charge in [0, 0.05) is 16.7 Å². The number of rotatable bonds is 3. The molecule has 0 bridgehead atoms. The minimum Gasteiger partial charge on any atom is -0.496 e. The number of hydrogen-bond acceptors (Lipinski definition) is 6. The molecule has 2 saturated heterocycles. The van der Waals surface area contributed by atoms with E-state index in [0.717, 1.165) is 10.5 Å². The fraction of sp³-hybridized carbons (Fsp3) is 0.214. The van der Waals surface area contributed by atoms with Gasteiger partial charge in [-0.25, -0.2) is 4.90 Å². The summed E-state index contributed by atoms with van der Waals surface area (Å²) in [6.45, 7) is 1.80. The predicted molar refractivity (Wildman–Crippen MR) is 125 cm³/mol. The van der Waals surface area contributed by atoms with Gasteiger partial charge in [0.05, 0.1) is 24.6 Å². The fourth-order valence-corrected chi connectivity index (χ4v) is 5.75. The Morgan fingerprint density at radius 3 is 2.06 bits per heavy atom. The molecule has 2 heterocycles. The van der Waals surface area contributed by atoms with Crippen LogP contribution in [0, 0.1) is 18.8 Å². The highest BCUT2D eigenvalue weighted by Gasteiger charge is 2.75. The minimum absolute atomic E-state index is 0.200. The molecule has 6 rings (SSSR count). The fourth-order valence-electron chi connectivity index (χ4n) is 5.75. The maximum atomic E-state index is 14.0. The first kappa shape index (κ1) is 21.4. The van der Waals surface area contributed by atoms with Gasteiger partial charge in [-0.2, -0.15) is 0 Å². The molecule has 0 radical (unpaired) electrons. The Kier molecular flexibility index (Phi) is 4.56. The topological polar surface area (TPSA) is 90.0 Å². The van der Waals surface area contributed by atoms with Gasteiger partial charge in [0.15, 0.2) is 0 Å². The summed E-state index contributed by atoms with van der Waals surface area (Å²) in [6, 6.07) is 20.4. The maximum Gasteiger partial charge on any atom is 0.241 e. The molecule has 1 spiro atoms. The molecule has 3 aromatic carbocycles. The van der Waals surface area contributed by atoms with Gasteiger partial charge in [-0.05, 0) is 24.6 Å². The van der Waals surface area contributed by atoms with E-state index in [-0.39, 0.29) is 11.1 Å². The quantitative estimate of drug-likeness (QED) is 0.431. The van der Waals surface area contributed by atoms with Gasteiger partial charge in [-0.15, -0.1) is 0 Å². The van der Waals surface area contributed by atoms with Crippen molar-refractivity contribution >= 4 is 29.1 Å². The number of carbonyl (C=O) groups excluding carboxylic acids is 4. The van der Waals surface area contributed by atoms with Crippen molar-refractivity contribution in [2.24, 2.45) is 11.8 Å². The summed E-state index contributed by atoms with van der Waals surface area (Å²) in [4.78, 5) is 56.6. The normalized spacial score (nSPS) is 24.3. The third-order valence-electron chi connectivity index (χ3n) is 7.32. The summed E-state index contributed by atoms with van der Waals surface area (Å²) in [7, 11) is 1.49. The number of carbonyl (C=O) groups is 4. The van der Waals surface area contributed by atoms with Crippen molar-refractivity contribution in [2.45, 2.75) is 18.6 Å². The first-order valence-corrected chi connectivity index (χ1v) is 11.3. The molecule has 7 heteroatoms. The third kappa shape index (κ3) is 2.64. The molecule has 2 fully saturated rings. The van der Waals surface area contributed by atoms with E-state index in [0.29, 0.717) is 17.0 Å². The van der Waals surface area contributed by atoms with Crippen LogP contribution < -0.4 is 9.64 Å². The lowest BCUT2D eigenvalue weighted by Gasteiger charge is -2.28. The molecule has 174 valence electrons. The number of benzene rings is 3. The molecular weight excluding hydrogens is 446 g/mol. The number of Topliss-reactive ketones (excluding diaryl/α,β-unsaturated/α-hetero) is 2. The second kappa shape index (κ2) is 7.45. The SMILES string of the molecule is COc1ccccc1[C@H]1OC2(C(=O)c3ccccc3C2=O)[C@@H]2C(=O)N(c3ccccc3C)C(=O)[C@H]12. The minimum atomic E-state index is -2.11. The number of anilines is 1. The van der Waals surface area contributed by atoms with Crippen LogP contribution in [-0.4, -0.2) is 36.1 Å². The van der Waals surface area contributed by atoms with E-state index in [9.17, 15) is 19.2 Å². The Bertz CT molecular complexity index is 1410. The Balaban J connectivity index is 1.58. The van der Waals surface area contributed by atoms with Gasteiger partial charge in [0.25, 0.3) is 0 Å². The Hall–Kier alpha value is -4.10. The van der Waals surface area contributed by atoms with Crippen LogP contribution in [0.1, 0.15) is 37.9 Å². The highest BCUT2D eigenvalue weighted by atomic mass is 16.5. The Morgan fingerprint density at radius 1 is 0.800 bits per heavy atom. The number of nitrogens with zero attached hydrogens (tertiary/aromatic N) is 1. The van der Waals surface area contributed by atoms with E-state index in [2.05, 4.69) is 0 Å². The number of ether oxygens (including phenoxy) is 2. The number of imide groups is 1. The second-order valence-corrected chi connectivity index (χ2v) is 9.02. The first-order valence-electron chi connectivity index (χ1n) is 11.3. The molecule has 0 unspecified atom stereocenters. The van der Waals surface area contributed by atoms with Crippen molar-refractivity contribution in [1.29, 1.82) is 0 Å². The van der Waals surface area contributed by atoms with Gasteiger partial charge in [-0.3, -0.25) is 19.2 Å². The summed E-state index contributed by atoms with van der Waals surface area (Å²) in [5.74, 6) is -4.20. The lowest BCUT2D eigenvalue weighted by atomic mass is 9.77. The number of aryl methyl sites for hydroxylation is 1. The molecular formula is C28H21NO6. The summed E-state index contributed by atoms with van der Waals surface area (Å²) < 4.78 is 11.8. The number of methoxy groups -OCH3 is 1. The summed E-state index contributed by atoms with van der Waals surface area (Å²) in [5.41, 5.74) is -0.0415. The van der Waals surface area contributed by atoms with Gasteiger partial charge >= 0.3 is 0 Å². The zero-order chi connectivity index (χ0) is 24.5. The van der Waals surface area contributed by atoms with Crippen LogP contribution in [-0.2, 0) is 14.3 Å². The van der Waals surface area contributed by atoms with Crippen molar-refractivity contribution in [3.05, 3.63) is 95.1 Å². The van der Waals surface area contributed by atoms with E-state index < -0.39 is 46.9 Å². The largest absolute Gasteiger partial charge is 0.496 e. The monoisotopic (exact) mass is 467 g/mol. The molecule has 1 aliphatic carbocycles. The highest BCUT2D eigenvalue weighted by molar-refractivity contribution is 6.37. The van der Waals surface area contributed by atoms with E-state index >= 15 is 0 Å². The number of amides is 2. The second-order valence-electron chi connectivity index (χ2n) is 9.02. The van der Waals surface area contributed by atoms with Crippen LogP contribution in [0.15, 0.2) is 72.8 Å². The van der Waals surface area contributed by atoms with Crippen LogP contribution in [0.2, 0.25) is 0 Å². The zero-order valence-corrected chi connectivity index (χ0v) is 19.1. The average Bonchev–Trinajstić information content (AvgIpc) is 3.44. The Labute approximate surface area is 201 Å². The van der Waals surface area contributed by atoms with Crippen LogP contribution in [0.25, 0.3) is 0 Å². The van der Waals surface area contributed by atoms with Crippen LogP contribution >= 0.6 is 0 Å². The van der Waals surface area contributed by atoms with Crippen molar-refractivity contribution in [3.8, 4) is 5.75 Å². The van der Waals surface area contributed by atoms with Crippen LogP contribution in [0.3, 0.4) is 0 Å².